The number of nitrogens with zero attached hydrogens (tertiary/aromatic N) is 1. The minimum absolute atomic E-state index is 0.0351. The van der Waals surface area contributed by atoms with E-state index in [1.165, 1.54) is 18.9 Å². The molecule has 0 radical (unpaired) electrons. The fourth-order valence-electron chi connectivity index (χ4n) is 2.59. The molecule has 1 aromatic rings. The van der Waals surface area contributed by atoms with Crippen LogP contribution in [0.15, 0.2) is 24.3 Å². The van der Waals surface area contributed by atoms with Gasteiger partial charge in [0.05, 0.1) is 0 Å². The second kappa shape index (κ2) is 6.17. The van der Waals surface area contributed by atoms with Gasteiger partial charge in [-0.3, -0.25) is 9.69 Å². The first-order valence-corrected chi connectivity index (χ1v) is 6.89. The van der Waals surface area contributed by atoms with Crippen LogP contribution in [0.5, 0.6) is 0 Å². The summed E-state index contributed by atoms with van der Waals surface area (Å²) in [6.07, 6.45) is 1.20. The monoisotopic (exact) mass is 261 g/mol. The molecule has 1 saturated heterocycles. The van der Waals surface area contributed by atoms with Crippen LogP contribution in [0.25, 0.3) is 0 Å². The van der Waals surface area contributed by atoms with Gasteiger partial charge in [-0.1, -0.05) is 12.1 Å². The molecule has 1 aliphatic rings. The number of carbonyl (C=O) groups excluding carboxylic acids is 1. The molecule has 1 aromatic carbocycles. The number of rotatable bonds is 4. The lowest BCUT2D eigenvalue weighted by Gasteiger charge is -2.18. The number of hydrogen-bond donors (Lipinski definition) is 2. The zero-order valence-corrected chi connectivity index (χ0v) is 11.7. The van der Waals surface area contributed by atoms with Gasteiger partial charge in [0, 0.05) is 31.7 Å². The van der Waals surface area contributed by atoms with Crippen molar-refractivity contribution < 1.29 is 4.79 Å². The molecule has 0 saturated carbocycles. The summed E-state index contributed by atoms with van der Waals surface area (Å²) in [6.45, 7) is 6.79. The largest absolute Gasteiger partial charge is 0.328 e. The van der Waals surface area contributed by atoms with Gasteiger partial charge in [0.1, 0.15) is 0 Å². The Morgan fingerprint density at radius 3 is 2.68 bits per heavy atom. The predicted octanol–water partition coefficient (Wildman–Crippen LogP) is 1.81. The van der Waals surface area contributed by atoms with Crippen LogP contribution in [0.2, 0.25) is 0 Å². The molecule has 4 heteroatoms. The lowest BCUT2D eigenvalue weighted by molar-refractivity contribution is -0.114. The van der Waals surface area contributed by atoms with Gasteiger partial charge in [0.25, 0.3) is 0 Å². The maximum atomic E-state index is 10.9. The van der Waals surface area contributed by atoms with Crippen molar-refractivity contribution >= 4 is 11.6 Å². The minimum Gasteiger partial charge on any atom is -0.328 e. The third-order valence-corrected chi connectivity index (χ3v) is 3.73. The molecule has 4 nitrogen and oxygen atoms in total. The molecule has 1 aliphatic heterocycles. The molecule has 1 heterocycles. The van der Waals surface area contributed by atoms with E-state index in [1.807, 2.05) is 12.1 Å². The van der Waals surface area contributed by atoms with Crippen molar-refractivity contribution in [3.63, 3.8) is 0 Å². The molecule has 2 unspecified atom stereocenters. The number of nitrogens with one attached hydrogen (secondary N) is 1. The topological polar surface area (TPSA) is 58.4 Å². The van der Waals surface area contributed by atoms with E-state index in [4.69, 9.17) is 5.73 Å². The third-order valence-electron chi connectivity index (χ3n) is 3.73. The number of benzene rings is 1. The number of carbonyl (C=O) groups is 1. The Hall–Kier alpha value is -1.39. The van der Waals surface area contributed by atoms with Gasteiger partial charge in [-0.25, -0.2) is 0 Å². The van der Waals surface area contributed by atoms with Gasteiger partial charge >= 0.3 is 0 Å². The fraction of sp³-hybridized carbons (Fsp3) is 0.533. The predicted molar refractivity (Wildman–Crippen MR) is 77.8 cm³/mol. The van der Waals surface area contributed by atoms with Crippen molar-refractivity contribution in [2.24, 2.45) is 11.7 Å². The van der Waals surface area contributed by atoms with Crippen molar-refractivity contribution in [2.45, 2.75) is 32.9 Å². The molecular formula is C15H23N3O. The summed E-state index contributed by atoms with van der Waals surface area (Å²) in [5, 5.41) is 2.78. The average Bonchev–Trinajstić information content (AvgIpc) is 2.80. The Bertz CT molecular complexity index is 428. The van der Waals surface area contributed by atoms with Gasteiger partial charge < -0.3 is 11.1 Å². The van der Waals surface area contributed by atoms with Gasteiger partial charge in [-0.15, -0.1) is 0 Å². The van der Waals surface area contributed by atoms with Crippen LogP contribution in [0.4, 0.5) is 5.69 Å². The standard InChI is InChI=1S/C15H23N3O/c1-11(16)14-7-8-18(10-14)9-13-3-5-15(6-4-13)17-12(2)19/h3-6,11,14H,7-10,16H2,1-2H3,(H,17,19). The second-order valence-corrected chi connectivity index (χ2v) is 5.52. The number of amides is 1. The van der Waals surface area contributed by atoms with E-state index in [2.05, 4.69) is 29.3 Å². The maximum absolute atomic E-state index is 10.9. The highest BCUT2D eigenvalue weighted by atomic mass is 16.1. The summed E-state index contributed by atoms with van der Waals surface area (Å²) in [7, 11) is 0. The van der Waals surface area contributed by atoms with Crippen molar-refractivity contribution in [3.8, 4) is 0 Å². The van der Waals surface area contributed by atoms with Crippen LogP contribution in [-0.2, 0) is 11.3 Å². The van der Waals surface area contributed by atoms with Crippen molar-refractivity contribution in [1.82, 2.24) is 4.90 Å². The fourth-order valence-corrected chi connectivity index (χ4v) is 2.59. The summed E-state index contributed by atoms with van der Waals surface area (Å²) in [5.41, 5.74) is 8.08. The summed E-state index contributed by atoms with van der Waals surface area (Å²) >= 11 is 0. The summed E-state index contributed by atoms with van der Waals surface area (Å²) in [4.78, 5) is 13.4. The zero-order valence-electron chi connectivity index (χ0n) is 11.7. The highest BCUT2D eigenvalue weighted by Gasteiger charge is 2.24. The quantitative estimate of drug-likeness (QED) is 0.869. The molecule has 2 atom stereocenters. The van der Waals surface area contributed by atoms with Crippen LogP contribution in [0, 0.1) is 5.92 Å². The number of nitrogens with two attached hydrogens (primary N) is 1. The summed E-state index contributed by atoms with van der Waals surface area (Å²) in [5.74, 6) is 0.589. The second-order valence-electron chi connectivity index (χ2n) is 5.52. The SMILES string of the molecule is CC(=O)Nc1ccc(CN2CCC(C(C)N)C2)cc1. The van der Waals surface area contributed by atoms with Crippen LogP contribution < -0.4 is 11.1 Å². The number of hydrogen-bond acceptors (Lipinski definition) is 3. The lowest BCUT2D eigenvalue weighted by Crippen LogP contribution is -2.29. The highest BCUT2D eigenvalue weighted by molar-refractivity contribution is 5.88. The van der Waals surface area contributed by atoms with E-state index in [9.17, 15) is 4.79 Å². The molecule has 104 valence electrons. The van der Waals surface area contributed by atoms with E-state index in [0.717, 1.165) is 25.3 Å². The Kier molecular flexibility index (Phi) is 4.56. The van der Waals surface area contributed by atoms with Crippen LogP contribution in [0.3, 0.4) is 0 Å². The Morgan fingerprint density at radius 1 is 1.47 bits per heavy atom. The molecule has 19 heavy (non-hydrogen) atoms. The summed E-state index contributed by atoms with van der Waals surface area (Å²) in [6, 6.07) is 8.34. The smallest absolute Gasteiger partial charge is 0.221 e. The summed E-state index contributed by atoms with van der Waals surface area (Å²) < 4.78 is 0. The Morgan fingerprint density at radius 2 is 2.16 bits per heavy atom. The number of anilines is 1. The molecule has 1 fully saturated rings. The molecule has 1 amide bonds. The third kappa shape index (κ3) is 4.04. The normalized spacial score (nSPS) is 21.3. The molecule has 0 aromatic heterocycles. The number of likely N-dealkylation sites (tertiary alicyclic amines) is 1. The van der Waals surface area contributed by atoms with Crippen LogP contribution >= 0.6 is 0 Å². The van der Waals surface area contributed by atoms with E-state index < -0.39 is 0 Å². The Labute approximate surface area is 115 Å². The van der Waals surface area contributed by atoms with Gasteiger partial charge in [0.15, 0.2) is 0 Å². The van der Waals surface area contributed by atoms with Gasteiger partial charge in [0.2, 0.25) is 5.91 Å². The van der Waals surface area contributed by atoms with Crippen molar-refractivity contribution in [3.05, 3.63) is 29.8 Å². The zero-order chi connectivity index (χ0) is 13.8. The Balaban J connectivity index is 1.88. The first-order valence-electron chi connectivity index (χ1n) is 6.89. The van der Waals surface area contributed by atoms with Gasteiger partial charge in [-0.2, -0.15) is 0 Å². The maximum Gasteiger partial charge on any atom is 0.221 e. The van der Waals surface area contributed by atoms with E-state index in [1.54, 1.807) is 0 Å². The molecule has 3 N–H and O–H groups in total. The van der Waals surface area contributed by atoms with Gasteiger partial charge in [-0.05, 0) is 43.5 Å². The first-order chi connectivity index (χ1) is 9.04. The van der Waals surface area contributed by atoms with Crippen LogP contribution in [-0.4, -0.2) is 29.9 Å². The molecule has 0 spiro atoms. The van der Waals surface area contributed by atoms with Crippen molar-refractivity contribution in [2.75, 3.05) is 18.4 Å². The molecule has 2 rings (SSSR count). The van der Waals surface area contributed by atoms with Crippen molar-refractivity contribution in [1.29, 1.82) is 0 Å². The molecule has 0 bridgehead atoms. The van der Waals surface area contributed by atoms with E-state index in [-0.39, 0.29) is 11.9 Å². The molecule has 0 aliphatic carbocycles. The van der Waals surface area contributed by atoms with Crippen LogP contribution in [0.1, 0.15) is 25.8 Å². The lowest BCUT2D eigenvalue weighted by atomic mass is 10.0. The highest BCUT2D eigenvalue weighted by Crippen LogP contribution is 2.21. The first kappa shape index (κ1) is 14.0. The minimum atomic E-state index is -0.0351. The molecular weight excluding hydrogens is 238 g/mol. The van der Waals surface area contributed by atoms with E-state index in [0.29, 0.717) is 5.92 Å². The average molecular weight is 261 g/mol. The van der Waals surface area contributed by atoms with E-state index >= 15 is 0 Å².